The van der Waals surface area contributed by atoms with Gasteiger partial charge in [-0.05, 0) is 43.3 Å². The van der Waals surface area contributed by atoms with Crippen LogP contribution in [0.5, 0.6) is 5.75 Å². The molecule has 0 aliphatic heterocycles. The van der Waals surface area contributed by atoms with Crippen molar-refractivity contribution in [2.75, 3.05) is 18.4 Å². The molecule has 2 aromatic rings. The standard InChI is InChI=1S/C16H16N2O7S/c1-3-25-16(19)11-4-6-12(7-5-11)17-26(22,23)15-9-8-13(24-2)10-14(15)18(20)21/h4-10,17H,3H2,1-2H3. The number of anilines is 1. The SMILES string of the molecule is CCOC(=O)c1ccc(NS(=O)(=O)c2ccc(OC)cc2[N+](=O)[O-])cc1. The highest BCUT2D eigenvalue weighted by Gasteiger charge is 2.26. The number of ether oxygens (including phenoxy) is 2. The molecule has 0 aromatic heterocycles. The van der Waals surface area contributed by atoms with Gasteiger partial charge in [-0.2, -0.15) is 0 Å². The Balaban J connectivity index is 2.32. The fraction of sp³-hybridized carbons (Fsp3) is 0.188. The molecule has 1 N–H and O–H groups in total. The number of methoxy groups -OCH3 is 1. The molecule has 0 amide bonds. The number of nitro benzene ring substituents is 1. The van der Waals surface area contributed by atoms with Gasteiger partial charge in [0, 0.05) is 5.69 Å². The fourth-order valence-electron chi connectivity index (χ4n) is 2.09. The van der Waals surface area contributed by atoms with Gasteiger partial charge in [0.25, 0.3) is 15.7 Å². The smallest absolute Gasteiger partial charge is 0.338 e. The van der Waals surface area contributed by atoms with E-state index < -0.39 is 31.5 Å². The maximum absolute atomic E-state index is 12.5. The number of rotatable bonds is 7. The van der Waals surface area contributed by atoms with E-state index >= 15 is 0 Å². The summed E-state index contributed by atoms with van der Waals surface area (Å²) in [6, 6.07) is 8.92. The summed E-state index contributed by atoms with van der Waals surface area (Å²) in [6.07, 6.45) is 0. The highest BCUT2D eigenvalue weighted by Crippen LogP contribution is 2.29. The molecule has 9 nitrogen and oxygen atoms in total. The van der Waals surface area contributed by atoms with E-state index in [1.807, 2.05) is 0 Å². The zero-order chi connectivity index (χ0) is 19.3. The van der Waals surface area contributed by atoms with Crippen LogP contribution in [0.3, 0.4) is 0 Å². The molecule has 0 spiro atoms. The zero-order valence-electron chi connectivity index (χ0n) is 14.0. The predicted octanol–water partition coefficient (Wildman–Crippen LogP) is 2.58. The fourth-order valence-corrected chi connectivity index (χ4v) is 3.31. The lowest BCUT2D eigenvalue weighted by molar-refractivity contribution is -0.387. The van der Waals surface area contributed by atoms with Crippen molar-refractivity contribution in [3.05, 3.63) is 58.1 Å². The summed E-state index contributed by atoms with van der Waals surface area (Å²) in [6.45, 7) is 1.89. The number of nitrogens with one attached hydrogen (secondary N) is 1. The Labute approximate surface area is 149 Å². The highest BCUT2D eigenvalue weighted by molar-refractivity contribution is 7.92. The van der Waals surface area contributed by atoms with E-state index in [1.165, 1.54) is 37.4 Å². The summed E-state index contributed by atoms with van der Waals surface area (Å²) in [7, 11) is -2.90. The average Bonchev–Trinajstić information content (AvgIpc) is 2.61. The Bertz CT molecular complexity index is 924. The molecule has 2 rings (SSSR count). The lowest BCUT2D eigenvalue weighted by Gasteiger charge is -2.10. The topological polar surface area (TPSA) is 125 Å². The van der Waals surface area contributed by atoms with Gasteiger partial charge in [0.05, 0.1) is 30.3 Å². The average molecular weight is 380 g/mol. The summed E-state index contributed by atoms with van der Waals surface area (Å²) in [5.41, 5.74) is -0.214. The lowest BCUT2D eigenvalue weighted by Crippen LogP contribution is -2.15. The van der Waals surface area contributed by atoms with Gasteiger partial charge in [-0.1, -0.05) is 0 Å². The van der Waals surface area contributed by atoms with Crippen molar-refractivity contribution in [1.29, 1.82) is 0 Å². The van der Waals surface area contributed by atoms with E-state index in [1.54, 1.807) is 6.92 Å². The van der Waals surface area contributed by atoms with Crippen LogP contribution in [-0.2, 0) is 14.8 Å². The van der Waals surface area contributed by atoms with Crippen LogP contribution in [-0.4, -0.2) is 33.0 Å². The molecular formula is C16H16N2O7S. The van der Waals surface area contributed by atoms with Gasteiger partial charge in [0.1, 0.15) is 5.75 Å². The van der Waals surface area contributed by atoms with Crippen LogP contribution in [0, 0.1) is 10.1 Å². The van der Waals surface area contributed by atoms with Gasteiger partial charge in [-0.3, -0.25) is 14.8 Å². The first kappa shape index (κ1) is 19.2. The molecule has 0 heterocycles. The maximum Gasteiger partial charge on any atom is 0.338 e. The Kier molecular flexibility index (Phi) is 5.78. The van der Waals surface area contributed by atoms with Crippen molar-refractivity contribution < 1.29 is 27.6 Å². The molecule has 26 heavy (non-hydrogen) atoms. The largest absolute Gasteiger partial charge is 0.497 e. The quantitative estimate of drug-likeness (QED) is 0.444. The molecule has 0 bridgehead atoms. The first-order valence-corrected chi connectivity index (χ1v) is 8.89. The number of hydrogen-bond donors (Lipinski definition) is 1. The van der Waals surface area contributed by atoms with Crippen molar-refractivity contribution in [1.82, 2.24) is 0 Å². The number of esters is 1. The van der Waals surface area contributed by atoms with Crippen molar-refractivity contribution >= 4 is 27.4 Å². The first-order chi connectivity index (χ1) is 12.3. The van der Waals surface area contributed by atoms with Gasteiger partial charge in [0.15, 0.2) is 4.90 Å². The second-order valence-corrected chi connectivity index (χ2v) is 6.64. The molecule has 0 saturated heterocycles. The summed E-state index contributed by atoms with van der Waals surface area (Å²) in [5, 5.41) is 11.2. The molecule has 0 radical (unpaired) electrons. The number of carbonyl (C=O) groups is 1. The monoisotopic (exact) mass is 380 g/mol. The predicted molar refractivity (Wildman–Crippen MR) is 92.9 cm³/mol. The number of nitrogens with zero attached hydrogens (tertiary/aromatic N) is 1. The van der Waals surface area contributed by atoms with Gasteiger partial charge in [-0.25, -0.2) is 13.2 Å². The summed E-state index contributed by atoms with van der Waals surface area (Å²) in [5.74, 6) is -0.373. The highest BCUT2D eigenvalue weighted by atomic mass is 32.2. The molecule has 0 fully saturated rings. The van der Waals surface area contributed by atoms with E-state index in [2.05, 4.69) is 4.72 Å². The van der Waals surface area contributed by atoms with Crippen molar-refractivity contribution in [3.63, 3.8) is 0 Å². The van der Waals surface area contributed by atoms with Crippen molar-refractivity contribution in [2.24, 2.45) is 0 Å². The van der Waals surface area contributed by atoms with E-state index in [0.29, 0.717) is 0 Å². The van der Waals surface area contributed by atoms with Crippen LogP contribution in [0.1, 0.15) is 17.3 Å². The zero-order valence-corrected chi connectivity index (χ0v) is 14.8. The number of hydrogen-bond acceptors (Lipinski definition) is 7. The van der Waals surface area contributed by atoms with Crippen LogP contribution in [0.2, 0.25) is 0 Å². The van der Waals surface area contributed by atoms with Gasteiger partial charge < -0.3 is 9.47 Å². The van der Waals surface area contributed by atoms with Gasteiger partial charge in [-0.15, -0.1) is 0 Å². The lowest BCUT2D eigenvalue weighted by atomic mass is 10.2. The molecule has 0 unspecified atom stereocenters. The van der Waals surface area contributed by atoms with Crippen molar-refractivity contribution in [3.8, 4) is 5.75 Å². The Hall–Kier alpha value is -3.14. The third-order valence-electron chi connectivity index (χ3n) is 3.30. The first-order valence-electron chi connectivity index (χ1n) is 7.41. The molecule has 0 atom stereocenters. The maximum atomic E-state index is 12.5. The minimum Gasteiger partial charge on any atom is -0.497 e. The molecular weight excluding hydrogens is 364 g/mol. The molecule has 0 saturated carbocycles. The second-order valence-electron chi connectivity index (χ2n) is 4.99. The summed E-state index contributed by atoms with van der Waals surface area (Å²) < 4.78 is 37.0. The Morgan fingerprint density at radius 3 is 2.38 bits per heavy atom. The molecule has 0 aliphatic rings. The van der Waals surface area contributed by atoms with Crippen LogP contribution in [0.4, 0.5) is 11.4 Å². The number of benzene rings is 2. The van der Waals surface area contributed by atoms with Crippen LogP contribution in [0.25, 0.3) is 0 Å². The van der Waals surface area contributed by atoms with Gasteiger partial charge in [0.2, 0.25) is 0 Å². The van der Waals surface area contributed by atoms with Gasteiger partial charge >= 0.3 is 5.97 Å². The van der Waals surface area contributed by atoms with Crippen molar-refractivity contribution in [2.45, 2.75) is 11.8 Å². The number of carbonyl (C=O) groups excluding carboxylic acids is 1. The van der Waals surface area contributed by atoms with E-state index in [9.17, 15) is 23.3 Å². The third kappa shape index (κ3) is 4.28. The van der Waals surface area contributed by atoms with E-state index in [4.69, 9.17) is 9.47 Å². The molecule has 10 heteroatoms. The number of sulfonamides is 1. The van der Waals surface area contributed by atoms with E-state index in [0.717, 1.165) is 12.1 Å². The summed E-state index contributed by atoms with van der Waals surface area (Å²) >= 11 is 0. The summed E-state index contributed by atoms with van der Waals surface area (Å²) in [4.78, 5) is 21.5. The minimum atomic E-state index is -4.22. The van der Waals surface area contributed by atoms with E-state index in [-0.39, 0.29) is 23.6 Å². The minimum absolute atomic E-state index is 0.142. The molecule has 138 valence electrons. The number of nitro groups is 1. The van der Waals surface area contributed by atoms with Crippen LogP contribution in [0.15, 0.2) is 47.4 Å². The van der Waals surface area contributed by atoms with Crippen LogP contribution < -0.4 is 9.46 Å². The van der Waals surface area contributed by atoms with Crippen LogP contribution >= 0.6 is 0 Å². The molecule has 0 aliphatic carbocycles. The third-order valence-corrected chi connectivity index (χ3v) is 4.73. The second kappa shape index (κ2) is 7.83. The molecule has 2 aromatic carbocycles. The Morgan fingerprint density at radius 1 is 1.19 bits per heavy atom. The Morgan fingerprint density at radius 2 is 1.85 bits per heavy atom. The normalized spacial score (nSPS) is 10.8.